The van der Waals surface area contributed by atoms with E-state index in [2.05, 4.69) is 4.72 Å². The van der Waals surface area contributed by atoms with Crippen molar-refractivity contribution < 1.29 is 18.3 Å². The molecule has 1 heterocycles. The first-order valence-electron chi connectivity index (χ1n) is 8.45. The second-order valence-electron chi connectivity index (χ2n) is 7.01. The average molecular weight is 412 g/mol. The Morgan fingerprint density at radius 3 is 2.46 bits per heavy atom. The monoisotopic (exact) mass is 411 g/mol. The highest BCUT2D eigenvalue weighted by Crippen LogP contribution is 2.55. The molecule has 1 aromatic heterocycles. The van der Waals surface area contributed by atoms with E-state index >= 15 is 0 Å². The van der Waals surface area contributed by atoms with E-state index in [0.29, 0.717) is 17.4 Å². The number of carboxylic acids is 1. The van der Waals surface area contributed by atoms with Crippen molar-refractivity contribution in [3.05, 3.63) is 41.4 Å². The quantitative estimate of drug-likeness (QED) is 0.752. The van der Waals surface area contributed by atoms with Crippen LogP contribution in [0.5, 0.6) is 0 Å². The van der Waals surface area contributed by atoms with Gasteiger partial charge in [0.05, 0.1) is 0 Å². The van der Waals surface area contributed by atoms with Crippen LogP contribution in [0.4, 0.5) is 0 Å². The van der Waals surface area contributed by atoms with E-state index in [0.717, 1.165) is 41.0 Å². The van der Waals surface area contributed by atoms with Crippen LogP contribution in [0.15, 0.2) is 40.6 Å². The molecule has 5 nitrogen and oxygen atoms in total. The standard InChI is InChI=1S/C18H18ClNO4S2/c19-13-6-4-12(5-7-13)15-8-9-16(25-15)26(23,24)20-18(17(21)22)10-14(18)11-2-1-3-11/h4-9,11,14,20H,1-3,10H2,(H,21,22). The molecular formula is C18H18ClNO4S2. The zero-order chi connectivity index (χ0) is 18.5. The van der Waals surface area contributed by atoms with Crippen LogP contribution in [0.2, 0.25) is 5.02 Å². The maximum absolute atomic E-state index is 12.8. The number of hydrogen-bond donors (Lipinski definition) is 2. The first-order valence-corrected chi connectivity index (χ1v) is 11.1. The van der Waals surface area contributed by atoms with Gasteiger partial charge in [0.15, 0.2) is 0 Å². The number of aliphatic carboxylic acids is 1. The largest absolute Gasteiger partial charge is 0.480 e. The third kappa shape index (κ3) is 3.07. The summed E-state index contributed by atoms with van der Waals surface area (Å²) in [5.41, 5.74) is -0.471. The van der Waals surface area contributed by atoms with Crippen LogP contribution in [0, 0.1) is 11.8 Å². The van der Waals surface area contributed by atoms with Crippen molar-refractivity contribution in [2.75, 3.05) is 0 Å². The van der Waals surface area contributed by atoms with E-state index in [1.807, 2.05) is 12.1 Å². The maximum Gasteiger partial charge on any atom is 0.325 e. The van der Waals surface area contributed by atoms with Crippen LogP contribution in [0.25, 0.3) is 10.4 Å². The number of benzene rings is 1. The number of rotatable bonds is 6. The molecule has 2 atom stereocenters. The molecule has 2 aliphatic rings. The zero-order valence-electron chi connectivity index (χ0n) is 13.8. The molecule has 2 aliphatic carbocycles. The van der Waals surface area contributed by atoms with Crippen LogP contribution in [-0.4, -0.2) is 25.0 Å². The summed E-state index contributed by atoms with van der Waals surface area (Å²) in [6, 6.07) is 10.4. The Hall–Kier alpha value is -1.41. The van der Waals surface area contributed by atoms with E-state index in [4.69, 9.17) is 11.6 Å². The highest BCUT2D eigenvalue weighted by Gasteiger charge is 2.65. The third-order valence-corrected chi connectivity index (χ3v) is 8.79. The Labute approximate surface area is 161 Å². The number of sulfonamides is 1. The Morgan fingerprint density at radius 1 is 1.19 bits per heavy atom. The fraction of sp³-hybridized carbons (Fsp3) is 0.389. The van der Waals surface area contributed by atoms with E-state index in [-0.39, 0.29) is 10.1 Å². The second-order valence-corrected chi connectivity index (χ2v) is 10.4. The normalized spacial score (nSPS) is 25.7. The Balaban J connectivity index is 1.57. The van der Waals surface area contributed by atoms with Gasteiger partial charge >= 0.3 is 5.97 Å². The first-order chi connectivity index (χ1) is 12.3. The van der Waals surface area contributed by atoms with Crippen molar-refractivity contribution in [2.45, 2.75) is 35.4 Å². The molecule has 2 unspecified atom stereocenters. The van der Waals surface area contributed by atoms with Crippen LogP contribution < -0.4 is 4.72 Å². The molecule has 2 saturated carbocycles. The molecular weight excluding hydrogens is 394 g/mol. The number of carbonyl (C=O) groups is 1. The lowest BCUT2D eigenvalue weighted by molar-refractivity contribution is -0.141. The molecule has 2 N–H and O–H groups in total. The summed E-state index contributed by atoms with van der Waals surface area (Å²) < 4.78 is 28.2. The molecule has 0 saturated heterocycles. The summed E-state index contributed by atoms with van der Waals surface area (Å²) in [6.45, 7) is 0. The Kier molecular flexibility index (Phi) is 4.38. The summed E-state index contributed by atoms with van der Waals surface area (Å²) >= 11 is 7.01. The van der Waals surface area contributed by atoms with Gasteiger partial charge in [-0.15, -0.1) is 11.3 Å². The third-order valence-electron chi connectivity index (χ3n) is 5.41. The summed E-state index contributed by atoms with van der Waals surface area (Å²) in [5, 5.41) is 10.2. The predicted molar refractivity (Wildman–Crippen MR) is 101 cm³/mol. The lowest BCUT2D eigenvalue weighted by Gasteiger charge is -2.27. The van der Waals surface area contributed by atoms with Gasteiger partial charge in [-0.3, -0.25) is 4.79 Å². The van der Waals surface area contributed by atoms with E-state index < -0.39 is 21.5 Å². The highest BCUT2D eigenvalue weighted by atomic mass is 35.5. The van der Waals surface area contributed by atoms with Crippen molar-refractivity contribution in [1.29, 1.82) is 0 Å². The van der Waals surface area contributed by atoms with Crippen LogP contribution >= 0.6 is 22.9 Å². The van der Waals surface area contributed by atoms with Crippen molar-refractivity contribution in [2.24, 2.45) is 11.8 Å². The van der Waals surface area contributed by atoms with Gasteiger partial charge in [-0.25, -0.2) is 8.42 Å². The fourth-order valence-electron chi connectivity index (χ4n) is 3.63. The Bertz CT molecular complexity index is 950. The van der Waals surface area contributed by atoms with Crippen molar-refractivity contribution in [1.82, 2.24) is 4.72 Å². The lowest BCUT2D eigenvalue weighted by Crippen LogP contribution is -2.46. The molecule has 8 heteroatoms. The second kappa shape index (κ2) is 6.34. The molecule has 2 fully saturated rings. The molecule has 0 spiro atoms. The van der Waals surface area contributed by atoms with Crippen molar-refractivity contribution >= 4 is 38.9 Å². The Morgan fingerprint density at radius 2 is 1.88 bits per heavy atom. The van der Waals surface area contributed by atoms with Crippen LogP contribution in [0.3, 0.4) is 0 Å². The zero-order valence-corrected chi connectivity index (χ0v) is 16.2. The molecule has 0 aliphatic heterocycles. The van der Waals surface area contributed by atoms with Gasteiger partial charge in [0.2, 0.25) is 0 Å². The van der Waals surface area contributed by atoms with Gasteiger partial charge in [0.1, 0.15) is 9.75 Å². The van der Waals surface area contributed by atoms with Gasteiger partial charge < -0.3 is 5.11 Å². The van der Waals surface area contributed by atoms with Gasteiger partial charge in [-0.05, 0) is 48.1 Å². The predicted octanol–water partition coefficient (Wildman–Crippen LogP) is 3.99. The van der Waals surface area contributed by atoms with Gasteiger partial charge in [0, 0.05) is 9.90 Å². The van der Waals surface area contributed by atoms with Crippen LogP contribution in [0.1, 0.15) is 25.7 Å². The number of hydrogen-bond acceptors (Lipinski definition) is 4. The lowest BCUT2D eigenvalue weighted by atomic mass is 9.80. The molecule has 2 aromatic rings. The molecule has 0 amide bonds. The maximum atomic E-state index is 12.8. The number of carboxylic acid groups (broad SMARTS) is 1. The average Bonchev–Trinajstić information content (AvgIpc) is 3.02. The minimum absolute atomic E-state index is 0.0979. The molecule has 26 heavy (non-hydrogen) atoms. The number of thiophene rings is 1. The van der Waals surface area contributed by atoms with Crippen molar-refractivity contribution in [3.63, 3.8) is 0 Å². The molecule has 4 rings (SSSR count). The van der Waals surface area contributed by atoms with E-state index in [9.17, 15) is 18.3 Å². The van der Waals surface area contributed by atoms with Gasteiger partial charge in [-0.1, -0.05) is 43.0 Å². The minimum Gasteiger partial charge on any atom is -0.480 e. The number of halogens is 1. The van der Waals surface area contributed by atoms with Crippen molar-refractivity contribution in [3.8, 4) is 10.4 Å². The highest BCUT2D eigenvalue weighted by molar-refractivity contribution is 7.91. The summed E-state index contributed by atoms with van der Waals surface area (Å²) in [6.07, 6.45) is 3.45. The smallest absolute Gasteiger partial charge is 0.325 e. The first kappa shape index (κ1) is 18.0. The SMILES string of the molecule is O=C(O)C1(NS(=O)(=O)c2ccc(-c3ccc(Cl)cc3)s2)CC1C1CCC1. The molecule has 0 radical (unpaired) electrons. The fourth-order valence-corrected chi connectivity index (χ4v) is 6.48. The van der Waals surface area contributed by atoms with E-state index in [1.54, 1.807) is 18.2 Å². The number of nitrogens with one attached hydrogen (secondary N) is 1. The van der Waals surface area contributed by atoms with Gasteiger partial charge in [-0.2, -0.15) is 4.72 Å². The minimum atomic E-state index is -3.88. The topological polar surface area (TPSA) is 83.5 Å². The molecule has 0 bridgehead atoms. The van der Waals surface area contributed by atoms with Crippen LogP contribution in [-0.2, 0) is 14.8 Å². The van der Waals surface area contributed by atoms with E-state index in [1.165, 1.54) is 6.07 Å². The molecule has 1 aromatic carbocycles. The summed E-state index contributed by atoms with van der Waals surface area (Å²) in [7, 11) is -3.88. The van der Waals surface area contributed by atoms with Gasteiger partial charge in [0.25, 0.3) is 10.0 Å². The summed E-state index contributed by atoms with van der Waals surface area (Å²) in [5.74, 6) is -0.853. The molecule has 138 valence electrons. The summed E-state index contributed by atoms with van der Waals surface area (Å²) in [4.78, 5) is 12.6.